The molecule has 0 spiro atoms. The number of Topliss-reactive ketones (excluding diaryl/α,β-unsaturated/α-hetero) is 1. The van der Waals surface area contributed by atoms with Gasteiger partial charge in [0.1, 0.15) is 5.82 Å². The quantitative estimate of drug-likeness (QED) is 0.808. The highest BCUT2D eigenvalue weighted by Gasteiger charge is 2.34. The molecule has 0 fully saturated rings. The highest BCUT2D eigenvalue weighted by molar-refractivity contribution is 6.03. The molecule has 3 rings (SSSR count). The van der Waals surface area contributed by atoms with Gasteiger partial charge in [-0.2, -0.15) is 0 Å². The molecule has 0 saturated carbocycles. The summed E-state index contributed by atoms with van der Waals surface area (Å²) in [6, 6.07) is 10.3. The lowest BCUT2D eigenvalue weighted by Crippen LogP contribution is -2.26. The first-order chi connectivity index (χ1) is 10.2. The number of benzene rings is 2. The molecule has 0 saturated heterocycles. The molecule has 0 radical (unpaired) electrons. The van der Waals surface area contributed by atoms with E-state index in [-0.39, 0.29) is 23.0 Å². The molecule has 0 amide bonds. The molecule has 1 aliphatic carbocycles. The first-order valence-corrected chi connectivity index (χ1v) is 6.69. The van der Waals surface area contributed by atoms with Crippen molar-refractivity contribution in [2.75, 3.05) is 14.2 Å². The van der Waals surface area contributed by atoms with Gasteiger partial charge in [-0.3, -0.25) is 4.79 Å². The number of methoxy groups -OCH3 is 2. The number of halogens is 1. The normalized spacial score (nSPS) is 15.9. The monoisotopic (exact) mass is 286 g/mol. The van der Waals surface area contributed by atoms with E-state index in [1.54, 1.807) is 0 Å². The van der Waals surface area contributed by atoms with Crippen molar-refractivity contribution in [1.29, 1.82) is 0 Å². The van der Waals surface area contributed by atoms with Crippen LogP contribution in [-0.2, 0) is 6.42 Å². The molecule has 108 valence electrons. The van der Waals surface area contributed by atoms with Crippen LogP contribution in [0.15, 0.2) is 36.4 Å². The van der Waals surface area contributed by atoms with Crippen LogP contribution in [0.25, 0.3) is 0 Å². The molecule has 2 aromatic carbocycles. The fourth-order valence-corrected chi connectivity index (χ4v) is 2.72. The Morgan fingerprint density at radius 3 is 2.48 bits per heavy atom. The first-order valence-electron chi connectivity index (χ1n) is 6.69. The average Bonchev–Trinajstić information content (AvgIpc) is 2.48. The van der Waals surface area contributed by atoms with Gasteiger partial charge >= 0.3 is 0 Å². The summed E-state index contributed by atoms with van der Waals surface area (Å²) in [5.41, 5.74) is 2.18. The van der Waals surface area contributed by atoms with E-state index >= 15 is 0 Å². The van der Waals surface area contributed by atoms with E-state index in [1.165, 1.54) is 26.4 Å². The Morgan fingerprint density at radius 2 is 1.81 bits per heavy atom. The van der Waals surface area contributed by atoms with Crippen LogP contribution in [0.3, 0.4) is 0 Å². The van der Waals surface area contributed by atoms with Gasteiger partial charge in [-0.05, 0) is 23.6 Å². The molecule has 1 atom stereocenters. The average molecular weight is 286 g/mol. The van der Waals surface area contributed by atoms with Crippen LogP contribution in [0.4, 0.5) is 4.39 Å². The number of carbonyl (C=O) groups is 1. The lowest BCUT2D eigenvalue weighted by molar-refractivity contribution is 0.0944. The van der Waals surface area contributed by atoms with E-state index in [4.69, 9.17) is 9.47 Å². The summed E-state index contributed by atoms with van der Waals surface area (Å²) < 4.78 is 24.3. The molecule has 4 heteroatoms. The van der Waals surface area contributed by atoms with E-state index in [0.717, 1.165) is 11.1 Å². The van der Waals surface area contributed by atoms with E-state index in [1.807, 2.05) is 24.3 Å². The molecule has 0 aromatic heterocycles. The van der Waals surface area contributed by atoms with Crippen molar-refractivity contribution in [1.82, 2.24) is 0 Å². The number of hydrogen-bond donors (Lipinski definition) is 0. The third-order valence-corrected chi connectivity index (χ3v) is 3.91. The predicted octanol–water partition coefficient (Wildman–Crippen LogP) is 3.37. The Hall–Kier alpha value is -2.36. The fourth-order valence-electron chi connectivity index (χ4n) is 2.72. The number of ketones is 1. The van der Waals surface area contributed by atoms with Crippen molar-refractivity contribution in [3.05, 3.63) is 58.9 Å². The molecule has 3 nitrogen and oxygen atoms in total. The minimum absolute atomic E-state index is 0.0483. The van der Waals surface area contributed by atoms with Crippen molar-refractivity contribution >= 4 is 5.78 Å². The number of carbonyl (C=O) groups excluding carboxylic acids is 1. The maximum atomic E-state index is 14.1. The van der Waals surface area contributed by atoms with Gasteiger partial charge in [0.2, 0.25) is 0 Å². The Kier molecular flexibility index (Phi) is 3.37. The molecule has 0 N–H and O–H groups in total. The minimum Gasteiger partial charge on any atom is -0.493 e. The van der Waals surface area contributed by atoms with E-state index in [2.05, 4.69) is 0 Å². The maximum absolute atomic E-state index is 14.1. The number of fused-ring (bicyclic) bond motifs is 1. The maximum Gasteiger partial charge on any atom is 0.173 e. The van der Waals surface area contributed by atoms with Gasteiger partial charge in [-0.15, -0.1) is 0 Å². The Bertz CT molecular complexity index is 709. The highest BCUT2D eigenvalue weighted by Crippen LogP contribution is 2.39. The lowest BCUT2D eigenvalue weighted by atomic mass is 9.74. The minimum atomic E-state index is -0.581. The van der Waals surface area contributed by atoms with Gasteiger partial charge in [-0.1, -0.05) is 24.3 Å². The molecule has 1 aliphatic rings. The van der Waals surface area contributed by atoms with Crippen molar-refractivity contribution in [2.45, 2.75) is 12.3 Å². The second-order valence-electron chi connectivity index (χ2n) is 5.01. The van der Waals surface area contributed by atoms with Gasteiger partial charge in [0, 0.05) is 6.07 Å². The SMILES string of the molecule is COc1cc(F)c(C(=O)C2Cc3ccccc32)cc1OC. The second-order valence-corrected chi connectivity index (χ2v) is 5.01. The van der Waals surface area contributed by atoms with Crippen LogP contribution in [0.5, 0.6) is 11.5 Å². The second kappa shape index (κ2) is 5.20. The summed E-state index contributed by atoms with van der Waals surface area (Å²) >= 11 is 0. The zero-order valence-electron chi connectivity index (χ0n) is 11.9. The van der Waals surface area contributed by atoms with Crippen molar-refractivity contribution in [3.63, 3.8) is 0 Å². The van der Waals surface area contributed by atoms with Crippen LogP contribution in [0.2, 0.25) is 0 Å². The largest absolute Gasteiger partial charge is 0.493 e. The number of ether oxygens (including phenoxy) is 2. The summed E-state index contributed by atoms with van der Waals surface area (Å²) in [4.78, 5) is 12.5. The third-order valence-electron chi connectivity index (χ3n) is 3.91. The van der Waals surface area contributed by atoms with Crippen LogP contribution in [0, 0.1) is 5.82 Å². The van der Waals surface area contributed by atoms with Crippen LogP contribution < -0.4 is 9.47 Å². The van der Waals surface area contributed by atoms with Crippen molar-refractivity contribution < 1.29 is 18.7 Å². The topological polar surface area (TPSA) is 35.5 Å². The molecule has 2 aromatic rings. The molecular weight excluding hydrogens is 271 g/mol. The standard InChI is InChI=1S/C17H15FO3/c1-20-15-8-13(14(18)9-16(15)21-2)17(19)12-7-10-5-3-4-6-11(10)12/h3-6,8-9,12H,7H2,1-2H3. The first kappa shape index (κ1) is 13.6. The number of rotatable bonds is 4. The Balaban J connectivity index is 1.96. The molecule has 0 aliphatic heterocycles. The van der Waals surface area contributed by atoms with Gasteiger partial charge in [0.15, 0.2) is 17.3 Å². The smallest absolute Gasteiger partial charge is 0.173 e. The summed E-state index contributed by atoms with van der Waals surface area (Å²) in [7, 11) is 2.89. The molecule has 21 heavy (non-hydrogen) atoms. The van der Waals surface area contributed by atoms with Gasteiger partial charge in [-0.25, -0.2) is 4.39 Å². The van der Waals surface area contributed by atoms with E-state index < -0.39 is 5.82 Å². The van der Waals surface area contributed by atoms with Gasteiger partial charge < -0.3 is 9.47 Å². The zero-order chi connectivity index (χ0) is 15.0. The van der Waals surface area contributed by atoms with Crippen molar-refractivity contribution in [3.8, 4) is 11.5 Å². The van der Waals surface area contributed by atoms with E-state index in [0.29, 0.717) is 12.2 Å². The zero-order valence-corrected chi connectivity index (χ0v) is 11.9. The molecule has 0 heterocycles. The molecule has 0 bridgehead atoms. The van der Waals surface area contributed by atoms with Crippen LogP contribution in [-0.4, -0.2) is 20.0 Å². The van der Waals surface area contributed by atoms with E-state index in [9.17, 15) is 9.18 Å². The Morgan fingerprint density at radius 1 is 1.14 bits per heavy atom. The molecule has 1 unspecified atom stereocenters. The molecular formula is C17H15FO3. The summed E-state index contributed by atoms with van der Waals surface area (Å²) in [6.45, 7) is 0. The lowest BCUT2D eigenvalue weighted by Gasteiger charge is -2.29. The van der Waals surface area contributed by atoms with Crippen molar-refractivity contribution in [2.24, 2.45) is 0 Å². The fraction of sp³-hybridized carbons (Fsp3) is 0.235. The Labute approximate surface area is 122 Å². The van der Waals surface area contributed by atoms with Crippen LogP contribution >= 0.6 is 0 Å². The summed E-state index contributed by atoms with van der Waals surface area (Å²) in [5.74, 6) is -0.432. The highest BCUT2D eigenvalue weighted by atomic mass is 19.1. The van der Waals surface area contributed by atoms with Gasteiger partial charge in [0.05, 0.1) is 25.7 Å². The summed E-state index contributed by atoms with van der Waals surface area (Å²) in [5, 5.41) is 0. The number of hydrogen-bond acceptors (Lipinski definition) is 3. The van der Waals surface area contributed by atoms with Gasteiger partial charge in [0.25, 0.3) is 0 Å². The summed E-state index contributed by atoms with van der Waals surface area (Å²) in [6.07, 6.45) is 0.656. The third kappa shape index (κ3) is 2.17. The van der Waals surface area contributed by atoms with Crippen LogP contribution in [0.1, 0.15) is 27.4 Å². The predicted molar refractivity (Wildman–Crippen MR) is 76.7 cm³/mol.